The highest BCUT2D eigenvalue weighted by atomic mass is 35.5. The van der Waals surface area contributed by atoms with Crippen LogP contribution in [0.15, 0.2) is 70.6 Å². The monoisotopic (exact) mass is 407 g/mol. The van der Waals surface area contributed by atoms with Crippen LogP contribution in [-0.2, 0) is 4.79 Å². The Morgan fingerprint density at radius 1 is 1.07 bits per heavy atom. The first-order valence-corrected chi connectivity index (χ1v) is 10.0. The second-order valence-corrected chi connectivity index (χ2v) is 7.87. The van der Waals surface area contributed by atoms with E-state index < -0.39 is 0 Å². The maximum atomic E-state index is 12.4. The summed E-state index contributed by atoms with van der Waals surface area (Å²) in [6, 6.07) is 19.6. The predicted octanol–water partition coefficient (Wildman–Crippen LogP) is 5.64. The molecule has 1 N–H and O–H groups in total. The smallest absolute Gasteiger partial charge is 0.264 e. The summed E-state index contributed by atoms with van der Waals surface area (Å²) in [6.07, 6.45) is 1.91. The van der Waals surface area contributed by atoms with Gasteiger partial charge in [-0.3, -0.25) is 4.79 Å². The summed E-state index contributed by atoms with van der Waals surface area (Å²) >= 11 is 7.48. The maximum absolute atomic E-state index is 12.4. The number of hydrogen-bond acceptors (Lipinski definition) is 3. The first-order valence-electron chi connectivity index (χ1n) is 8.81. The highest BCUT2D eigenvalue weighted by molar-refractivity contribution is 8.18. The molecule has 140 valence electrons. The van der Waals surface area contributed by atoms with Crippen molar-refractivity contribution in [3.8, 4) is 5.69 Å². The lowest BCUT2D eigenvalue weighted by Gasteiger charge is -2.09. The minimum absolute atomic E-state index is 0.152. The molecular formula is C22H18ClN3OS. The minimum atomic E-state index is -0.152. The molecule has 0 radical (unpaired) electrons. The van der Waals surface area contributed by atoms with E-state index in [9.17, 15) is 4.79 Å². The van der Waals surface area contributed by atoms with Crippen LogP contribution in [0, 0.1) is 13.8 Å². The lowest BCUT2D eigenvalue weighted by atomic mass is 10.2. The zero-order chi connectivity index (χ0) is 19.7. The van der Waals surface area contributed by atoms with E-state index >= 15 is 0 Å². The van der Waals surface area contributed by atoms with Gasteiger partial charge in [0.25, 0.3) is 5.91 Å². The van der Waals surface area contributed by atoms with Crippen molar-refractivity contribution in [1.29, 1.82) is 0 Å². The lowest BCUT2D eigenvalue weighted by Crippen LogP contribution is -2.19. The largest absolute Gasteiger partial charge is 0.318 e. The molecule has 2 heterocycles. The summed E-state index contributed by atoms with van der Waals surface area (Å²) in [5.41, 5.74) is 4.95. The molecule has 4 rings (SSSR count). The molecule has 1 saturated heterocycles. The molecule has 0 saturated carbocycles. The van der Waals surface area contributed by atoms with Gasteiger partial charge in [-0.05, 0) is 67.6 Å². The molecule has 6 heteroatoms. The Bertz CT molecular complexity index is 1120. The molecular weight excluding hydrogens is 390 g/mol. The van der Waals surface area contributed by atoms with E-state index in [4.69, 9.17) is 11.6 Å². The fraction of sp³-hybridized carbons (Fsp3) is 0.0909. The fourth-order valence-electron chi connectivity index (χ4n) is 3.18. The normalized spacial score (nSPS) is 16.8. The zero-order valence-electron chi connectivity index (χ0n) is 15.4. The van der Waals surface area contributed by atoms with Crippen molar-refractivity contribution in [3.63, 3.8) is 0 Å². The Hall–Kier alpha value is -2.76. The summed E-state index contributed by atoms with van der Waals surface area (Å²) in [4.78, 5) is 17.5. The highest BCUT2D eigenvalue weighted by Crippen LogP contribution is 2.32. The van der Waals surface area contributed by atoms with Crippen LogP contribution in [-0.4, -0.2) is 15.6 Å². The summed E-state index contributed by atoms with van der Waals surface area (Å²) in [6.45, 7) is 4.12. The van der Waals surface area contributed by atoms with E-state index in [-0.39, 0.29) is 5.91 Å². The first kappa shape index (κ1) is 18.6. The number of aryl methyl sites for hydroxylation is 1. The van der Waals surface area contributed by atoms with Crippen molar-refractivity contribution in [1.82, 2.24) is 9.88 Å². The van der Waals surface area contributed by atoms with Gasteiger partial charge in [-0.15, -0.1) is 0 Å². The van der Waals surface area contributed by atoms with Gasteiger partial charge in [-0.2, -0.15) is 0 Å². The number of amides is 1. The number of carbonyl (C=O) groups excluding carboxylic acids is 1. The van der Waals surface area contributed by atoms with Crippen molar-refractivity contribution < 1.29 is 4.79 Å². The van der Waals surface area contributed by atoms with E-state index in [0.717, 1.165) is 22.6 Å². The van der Waals surface area contributed by atoms with Crippen molar-refractivity contribution in [3.05, 3.63) is 87.5 Å². The maximum Gasteiger partial charge on any atom is 0.264 e. The van der Waals surface area contributed by atoms with Crippen LogP contribution in [0.2, 0.25) is 5.02 Å². The molecule has 0 bridgehead atoms. The van der Waals surface area contributed by atoms with Crippen LogP contribution >= 0.6 is 23.4 Å². The Labute approximate surface area is 172 Å². The number of nitrogens with one attached hydrogen (secondary N) is 1. The minimum Gasteiger partial charge on any atom is -0.318 e. The third-order valence-electron chi connectivity index (χ3n) is 4.50. The molecule has 0 atom stereocenters. The van der Waals surface area contributed by atoms with Crippen LogP contribution in [0.3, 0.4) is 0 Å². The summed E-state index contributed by atoms with van der Waals surface area (Å²) < 4.78 is 2.18. The summed E-state index contributed by atoms with van der Waals surface area (Å²) in [5.74, 6) is -0.152. The van der Waals surface area contributed by atoms with E-state index in [0.29, 0.717) is 20.8 Å². The van der Waals surface area contributed by atoms with Crippen LogP contribution in [0.5, 0.6) is 0 Å². The summed E-state index contributed by atoms with van der Waals surface area (Å²) in [5, 5.41) is 3.89. The Balaban J connectivity index is 1.65. The molecule has 2 aromatic carbocycles. The zero-order valence-corrected chi connectivity index (χ0v) is 17.0. The van der Waals surface area contributed by atoms with Crippen molar-refractivity contribution in [2.24, 2.45) is 4.99 Å². The standard InChI is InChI=1S/C22H18ClN3OS/c1-14-12-16(15(2)26(14)17-8-4-3-5-9-17)13-20-21(27)25-22(28-20)24-19-11-7-6-10-18(19)23/h3-13H,1-2H3,(H,24,25,27)/b20-13-. The van der Waals surface area contributed by atoms with Crippen LogP contribution < -0.4 is 5.32 Å². The third kappa shape index (κ3) is 3.63. The van der Waals surface area contributed by atoms with E-state index in [1.54, 1.807) is 6.07 Å². The number of nitrogens with zero attached hydrogens (tertiary/aromatic N) is 2. The van der Waals surface area contributed by atoms with Gasteiger partial charge in [0.05, 0.1) is 15.6 Å². The van der Waals surface area contributed by atoms with Gasteiger partial charge in [-0.25, -0.2) is 4.99 Å². The van der Waals surface area contributed by atoms with Crippen molar-refractivity contribution >= 4 is 46.2 Å². The van der Waals surface area contributed by atoms with Gasteiger partial charge >= 0.3 is 0 Å². The molecule has 0 aliphatic carbocycles. The van der Waals surface area contributed by atoms with Gasteiger partial charge in [0.1, 0.15) is 0 Å². The third-order valence-corrected chi connectivity index (χ3v) is 5.73. The predicted molar refractivity (Wildman–Crippen MR) is 118 cm³/mol. The molecule has 3 aromatic rings. The molecule has 1 aliphatic rings. The number of aromatic nitrogens is 1. The second kappa shape index (κ2) is 7.70. The van der Waals surface area contributed by atoms with Crippen LogP contribution in [0.1, 0.15) is 17.0 Å². The van der Waals surface area contributed by atoms with Gasteiger partial charge in [-0.1, -0.05) is 41.9 Å². The Morgan fingerprint density at radius 2 is 1.79 bits per heavy atom. The number of para-hydroxylation sites is 2. The molecule has 1 amide bonds. The molecule has 1 fully saturated rings. The number of rotatable bonds is 3. The molecule has 1 aliphatic heterocycles. The average molecular weight is 408 g/mol. The quantitative estimate of drug-likeness (QED) is 0.571. The number of amidine groups is 1. The van der Waals surface area contributed by atoms with Crippen molar-refractivity contribution in [2.45, 2.75) is 13.8 Å². The number of thioether (sulfide) groups is 1. The van der Waals surface area contributed by atoms with Crippen molar-refractivity contribution in [2.75, 3.05) is 0 Å². The van der Waals surface area contributed by atoms with Crippen LogP contribution in [0.4, 0.5) is 5.69 Å². The highest BCUT2D eigenvalue weighted by Gasteiger charge is 2.24. The number of halogens is 1. The Kier molecular flexibility index (Phi) is 5.11. The average Bonchev–Trinajstić information content (AvgIpc) is 3.16. The fourth-order valence-corrected chi connectivity index (χ4v) is 4.19. The van der Waals surface area contributed by atoms with Crippen LogP contribution in [0.25, 0.3) is 11.8 Å². The molecule has 28 heavy (non-hydrogen) atoms. The number of aliphatic imine (C=N–C) groups is 1. The first-order chi connectivity index (χ1) is 13.5. The van der Waals surface area contributed by atoms with Gasteiger partial charge in [0.15, 0.2) is 5.17 Å². The summed E-state index contributed by atoms with van der Waals surface area (Å²) in [7, 11) is 0. The number of hydrogen-bond donors (Lipinski definition) is 1. The lowest BCUT2D eigenvalue weighted by molar-refractivity contribution is -0.115. The van der Waals surface area contributed by atoms with Gasteiger partial charge in [0, 0.05) is 17.1 Å². The number of benzene rings is 2. The Morgan fingerprint density at radius 3 is 2.54 bits per heavy atom. The topological polar surface area (TPSA) is 46.4 Å². The molecule has 0 unspecified atom stereocenters. The number of carbonyl (C=O) groups is 1. The molecule has 1 aromatic heterocycles. The second-order valence-electron chi connectivity index (χ2n) is 6.43. The van der Waals surface area contributed by atoms with E-state index in [1.807, 2.05) is 42.5 Å². The molecule has 4 nitrogen and oxygen atoms in total. The molecule has 0 spiro atoms. The van der Waals surface area contributed by atoms with E-state index in [2.05, 4.69) is 46.9 Å². The SMILES string of the molecule is Cc1cc(/C=C2\SC(=Nc3ccccc3Cl)NC2=O)c(C)n1-c1ccccc1. The van der Waals surface area contributed by atoms with E-state index in [1.165, 1.54) is 11.8 Å². The van der Waals surface area contributed by atoms with Gasteiger partial charge in [0.2, 0.25) is 0 Å². The van der Waals surface area contributed by atoms with Gasteiger partial charge < -0.3 is 9.88 Å².